The van der Waals surface area contributed by atoms with Crippen molar-refractivity contribution >= 4 is 43.8 Å². The van der Waals surface area contributed by atoms with Crippen molar-refractivity contribution in [2.45, 2.75) is 0 Å². The number of rotatable bonds is 2. The molecule has 2 aromatic carbocycles. The van der Waals surface area contributed by atoms with E-state index in [2.05, 4.69) is 15.9 Å². The molecule has 0 unspecified atom stereocenters. The van der Waals surface area contributed by atoms with E-state index >= 15 is 0 Å². The summed E-state index contributed by atoms with van der Waals surface area (Å²) in [7, 11) is 1.52. The summed E-state index contributed by atoms with van der Waals surface area (Å²) in [5, 5.41) is 10.7. The van der Waals surface area contributed by atoms with Crippen LogP contribution in [0.2, 0.25) is 0 Å². The molecule has 0 fully saturated rings. The second-order valence-corrected chi connectivity index (χ2v) is 4.90. The summed E-state index contributed by atoms with van der Waals surface area (Å²) in [5.74, 6) is -0.505. The summed E-state index contributed by atoms with van der Waals surface area (Å²) in [4.78, 5) is 11.5. The van der Waals surface area contributed by atoms with Crippen LogP contribution in [0.4, 0.5) is 0 Å². The molecule has 96 valence electrons. The summed E-state index contributed by atoms with van der Waals surface area (Å²) < 4.78 is 11.4. The third-order valence-electron chi connectivity index (χ3n) is 3.00. The van der Waals surface area contributed by atoms with Gasteiger partial charge in [-0.05, 0) is 28.1 Å². The average Bonchev–Trinajstić information content (AvgIpc) is 2.76. The van der Waals surface area contributed by atoms with Gasteiger partial charge in [-0.3, -0.25) is 0 Å². The van der Waals surface area contributed by atoms with Crippen LogP contribution in [0.3, 0.4) is 0 Å². The van der Waals surface area contributed by atoms with Crippen molar-refractivity contribution in [1.82, 2.24) is 0 Å². The Morgan fingerprint density at radius 1 is 1.37 bits per heavy atom. The number of carboxylic acid groups (broad SMARTS) is 1. The van der Waals surface area contributed by atoms with Gasteiger partial charge in [-0.25, -0.2) is 4.79 Å². The highest BCUT2D eigenvalue weighted by Gasteiger charge is 2.22. The number of ether oxygens (including phenoxy) is 1. The van der Waals surface area contributed by atoms with Crippen LogP contribution in [0.15, 0.2) is 39.2 Å². The molecule has 3 aromatic rings. The molecule has 0 atom stereocenters. The fourth-order valence-electron chi connectivity index (χ4n) is 2.20. The van der Waals surface area contributed by atoms with E-state index in [9.17, 15) is 9.90 Å². The summed E-state index contributed by atoms with van der Waals surface area (Å²) >= 11 is 3.28. The fraction of sp³-hybridized carbons (Fsp3) is 0.0714. The van der Waals surface area contributed by atoms with E-state index in [4.69, 9.17) is 9.15 Å². The van der Waals surface area contributed by atoms with Crippen LogP contribution < -0.4 is 4.74 Å². The van der Waals surface area contributed by atoms with Gasteiger partial charge in [0.25, 0.3) is 0 Å². The van der Waals surface area contributed by atoms with Gasteiger partial charge in [-0.15, -0.1) is 0 Å². The number of hydrogen-bond donors (Lipinski definition) is 1. The lowest BCUT2D eigenvalue weighted by molar-refractivity contribution is 0.0698. The van der Waals surface area contributed by atoms with Gasteiger partial charge in [0.05, 0.1) is 12.7 Å². The Bertz CT molecular complexity index is 804. The van der Waals surface area contributed by atoms with Gasteiger partial charge in [0.1, 0.15) is 5.58 Å². The molecule has 0 spiro atoms. The number of para-hydroxylation sites is 1. The Kier molecular flexibility index (Phi) is 2.71. The monoisotopic (exact) mass is 320 g/mol. The molecule has 5 heteroatoms. The molecule has 0 aliphatic heterocycles. The number of methoxy groups -OCH3 is 1. The van der Waals surface area contributed by atoms with Crippen molar-refractivity contribution < 1.29 is 19.1 Å². The number of aromatic carboxylic acids is 1. The number of furan rings is 1. The summed E-state index contributed by atoms with van der Waals surface area (Å²) in [6, 6.07) is 8.92. The SMILES string of the molecule is COc1cc(Br)c(C(=O)O)c2c1oc1ccccc12. The Hall–Kier alpha value is -2.01. The van der Waals surface area contributed by atoms with Crippen LogP contribution in [-0.4, -0.2) is 18.2 Å². The number of benzene rings is 2. The minimum atomic E-state index is -1.01. The molecule has 0 bridgehead atoms. The van der Waals surface area contributed by atoms with Crippen LogP contribution in [0.1, 0.15) is 10.4 Å². The number of carboxylic acids is 1. The number of hydrogen-bond acceptors (Lipinski definition) is 3. The first-order valence-electron chi connectivity index (χ1n) is 5.54. The van der Waals surface area contributed by atoms with Crippen LogP contribution >= 0.6 is 15.9 Å². The van der Waals surface area contributed by atoms with Crippen molar-refractivity contribution in [3.63, 3.8) is 0 Å². The number of fused-ring (bicyclic) bond motifs is 3. The quantitative estimate of drug-likeness (QED) is 0.773. The van der Waals surface area contributed by atoms with Crippen molar-refractivity contribution in [2.75, 3.05) is 7.11 Å². The molecule has 0 amide bonds. The molecule has 4 nitrogen and oxygen atoms in total. The summed E-state index contributed by atoms with van der Waals surface area (Å²) in [6.07, 6.45) is 0. The van der Waals surface area contributed by atoms with E-state index in [1.807, 2.05) is 18.2 Å². The molecule has 19 heavy (non-hydrogen) atoms. The van der Waals surface area contributed by atoms with Gasteiger partial charge in [0.2, 0.25) is 0 Å². The number of halogens is 1. The summed E-state index contributed by atoms with van der Waals surface area (Å²) in [6.45, 7) is 0. The lowest BCUT2D eigenvalue weighted by Gasteiger charge is -2.05. The van der Waals surface area contributed by atoms with Gasteiger partial charge >= 0.3 is 5.97 Å². The first-order chi connectivity index (χ1) is 9.13. The highest BCUT2D eigenvalue weighted by atomic mass is 79.9. The second-order valence-electron chi connectivity index (χ2n) is 4.04. The molecule has 0 aliphatic rings. The molecule has 3 rings (SSSR count). The largest absolute Gasteiger partial charge is 0.493 e. The van der Waals surface area contributed by atoms with E-state index < -0.39 is 5.97 Å². The third-order valence-corrected chi connectivity index (χ3v) is 3.63. The van der Waals surface area contributed by atoms with E-state index in [0.717, 1.165) is 5.39 Å². The van der Waals surface area contributed by atoms with Crippen LogP contribution in [0.25, 0.3) is 21.9 Å². The maximum atomic E-state index is 11.5. The van der Waals surface area contributed by atoms with Gasteiger partial charge in [0.15, 0.2) is 11.3 Å². The van der Waals surface area contributed by atoms with Gasteiger partial charge in [0, 0.05) is 15.2 Å². The zero-order valence-electron chi connectivity index (χ0n) is 9.94. The van der Waals surface area contributed by atoms with Gasteiger partial charge in [-0.2, -0.15) is 0 Å². The third kappa shape index (κ3) is 1.69. The standard InChI is InChI=1S/C14H9BrO4/c1-18-10-6-8(15)12(14(16)17)11-7-4-2-3-5-9(7)19-13(10)11/h2-6H,1H3,(H,16,17). The molecule has 1 heterocycles. The minimum absolute atomic E-state index is 0.181. The molecule has 0 saturated carbocycles. The maximum Gasteiger partial charge on any atom is 0.337 e. The maximum absolute atomic E-state index is 11.5. The normalized spacial score (nSPS) is 11.1. The Labute approximate surface area is 116 Å². The lowest BCUT2D eigenvalue weighted by atomic mass is 10.1. The van der Waals surface area contributed by atoms with E-state index in [0.29, 0.717) is 26.8 Å². The van der Waals surface area contributed by atoms with E-state index in [1.165, 1.54) is 7.11 Å². The van der Waals surface area contributed by atoms with Gasteiger partial charge < -0.3 is 14.3 Å². The van der Waals surface area contributed by atoms with E-state index in [1.54, 1.807) is 12.1 Å². The molecule has 1 N–H and O–H groups in total. The Balaban J connectivity index is 2.61. The van der Waals surface area contributed by atoms with Gasteiger partial charge in [-0.1, -0.05) is 18.2 Å². The predicted octanol–water partition coefficient (Wildman–Crippen LogP) is 4.06. The second kappa shape index (κ2) is 4.28. The predicted molar refractivity (Wildman–Crippen MR) is 74.9 cm³/mol. The van der Waals surface area contributed by atoms with Crippen molar-refractivity contribution in [1.29, 1.82) is 0 Å². The van der Waals surface area contributed by atoms with Crippen molar-refractivity contribution in [2.24, 2.45) is 0 Å². The minimum Gasteiger partial charge on any atom is -0.493 e. The Morgan fingerprint density at radius 3 is 2.79 bits per heavy atom. The molecule has 1 aromatic heterocycles. The zero-order valence-corrected chi connectivity index (χ0v) is 11.5. The molecular formula is C14H9BrO4. The topological polar surface area (TPSA) is 59.7 Å². The molecule has 0 saturated heterocycles. The smallest absolute Gasteiger partial charge is 0.337 e. The van der Waals surface area contributed by atoms with Crippen LogP contribution in [0, 0.1) is 0 Å². The lowest BCUT2D eigenvalue weighted by Crippen LogP contribution is -1.99. The Morgan fingerprint density at radius 2 is 2.11 bits per heavy atom. The van der Waals surface area contributed by atoms with Crippen LogP contribution in [0.5, 0.6) is 5.75 Å². The average molecular weight is 321 g/mol. The zero-order chi connectivity index (χ0) is 13.6. The fourth-order valence-corrected chi connectivity index (χ4v) is 2.78. The molecular weight excluding hydrogens is 312 g/mol. The highest BCUT2D eigenvalue weighted by molar-refractivity contribution is 9.10. The van der Waals surface area contributed by atoms with Crippen LogP contribution in [-0.2, 0) is 0 Å². The first-order valence-corrected chi connectivity index (χ1v) is 6.34. The molecule has 0 radical (unpaired) electrons. The van der Waals surface area contributed by atoms with E-state index in [-0.39, 0.29) is 5.56 Å². The van der Waals surface area contributed by atoms with Crippen molar-refractivity contribution in [3.8, 4) is 5.75 Å². The highest BCUT2D eigenvalue weighted by Crippen LogP contribution is 2.40. The first kappa shape index (κ1) is 12.0. The number of carbonyl (C=O) groups is 1. The van der Waals surface area contributed by atoms with Crippen molar-refractivity contribution in [3.05, 3.63) is 40.4 Å². The summed E-state index contributed by atoms with van der Waals surface area (Å²) in [5.41, 5.74) is 1.27. The molecule has 0 aliphatic carbocycles.